The van der Waals surface area contributed by atoms with Crippen LogP contribution in [0.3, 0.4) is 0 Å². The fourth-order valence-electron chi connectivity index (χ4n) is 4.57. The van der Waals surface area contributed by atoms with Gasteiger partial charge in [0.05, 0.1) is 30.3 Å². The minimum atomic E-state index is 0. The van der Waals surface area contributed by atoms with Gasteiger partial charge in [-0.2, -0.15) is 0 Å². The van der Waals surface area contributed by atoms with Gasteiger partial charge >= 0.3 is 0 Å². The lowest BCUT2D eigenvalue weighted by Gasteiger charge is -2.25. The monoisotopic (exact) mass is 634 g/mol. The molecule has 1 saturated heterocycles. The Bertz CT molecular complexity index is 1620. The van der Waals surface area contributed by atoms with Crippen LogP contribution in [0.4, 0.5) is 11.5 Å². The van der Waals surface area contributed by atoms with Gasteiger partial charge in [-0.25, -0.2) is 9.97 Å². The highest BCUT2D eigenvalue weighted by Crippen LogP contribution is 2.35. The van der Waals surface area contributed by atoms with Crippen LogP contribution in [0.5, 0.6) is 11.5 Å². The van der Waals surface area contributed by atoms with Gasteiger partial charge in [-0.3, -0.25) is 9.69 Å². The summed E-state index contributed by atoms with van der Waals surface area (Å²) in [6.45, 7) is 4.37. The van der Waals surface area contributed by atoms with E-state index in [9.17, 15) is 4.79 Å². The number of anilines is 2. The maximum absolute atomic E-state index is 12.4. The second kappa shape index (κ2) is 14.2. The number of thiophene rings is 1. The molecular weight excluding hydrogens is 607 g/mol. The molecule has 0 unspecified atom stereocenters. The van der Waals surface area contributed by atoms with Gasteiger partial charge in [0.15, 0.2) is 5.82 Å². The smallest absolute Gasteiger partial charge is 0.234 e. The molecular formula is C28H29Cl3N6O3S. The predicted molar refractivity (Wildman–Crippen MR) is 169 cm³/mol. The number of morpholine rings is 1. The maximum atomic E-state index is 12.4. The lowest BCUT2D eigenvalue weighted by Crippen LogP contribution is -2.43. The number of rotatable bonds is 9. The summed E-state index contributed by atoms with van der Waals surface area (Å²) in [5.41, 5.74) is 2.43. The molecule has 0 aliphatic carbocycles. The van der Waals surface area contributed by atoms with Crippen LogP contribution in [0.25, 0.3) is 21.1 Å². The van der Waals surface area contributed by atoms with E-state index >= 15 is 0 Å². The number of fused-ring (bicyclic) bond motifs is 2. The molecule has 0 bridgehead atoms. The molecule has 0 atom stereocenters. The third-order valence-electron chi connectivity index (χ3n) is 6.55. The first kappa shape index (κ1) is 30.8. The molecule has 216 valence electrons. The van der Waals surface area contributed by atoms with Gasteiger partial charge in [0.2, 0.25) is 5.91 Å². The minimum absolute atomic E-state index is 0. The topological polar surface area (TPSA) is 93.5 Å². The van der Waals surface area contributed by atoms with Crippen molar-refractivity contribution in [1.82, 2.24) is 24.8 Å². The fraction of sp³-hybridized carbons (Fsp3) is 0.250. The number of aromatic nitrogens is 3. The van der Waals surface area contributed by atoms with Crippen LogP contribution in [-0.4, -0.2) is 64.7 Å². The van der Waals surface area contributed by atoms with E-state index in [-0.39, 0.29) is 30.7 Å². The SMILES string of the molecule is Cl.Cl.O=C(CN1CCOCC1)NCCn1ccc2ncnc(Nc3ccc(Oc4ccc5ccsc5c4)c(Cl)c3)c21. The Morgan fingerprint density at radius 3 is 2.76 bits per heavy atom. The van der Waals surface area contributed by atoms with Gasteiger partial charge < -0.3 is 24.7 Å². The van der Waals surface area contributed by atoms with Crippen molar-refractivity contribution in [1.29, 1.82) is 0 Å². The van der Waals surface area contributed by atoms with Crippen molar-refractivity contribution >= 4 is 86.3 Å². The molecule has 5 aromatic rings. The molecule has 2 aromatic carbocycles. The zero-order chi connectivity index (χ0) is 26.6. The van der Waals surface area contributed by atoms with Crippen molar-refractivity contribution in [3.05, 3.63) is 71.5 Å². The zero-order valence-corrected chi connectivity index (χ0v) is 25.1. The van der Waals surface area contributed by atoms with Crippen LogP contribution in [0.2, 0.25) is 5.02 Å². The van der Waals surface area contributed by atoms with Gasteiger partial charge in [-0.15, -0.1) is 36.2 Å². The zero-order valence-electron chi connectivity index (χ0n) is 21.9. The highest BCUT2D eigenvalue weighted by Gasteiger charge is 2.15. The third-order valence-corrected chi connectivity index (χ3v) is 7.72. The van der Waals surface area contributed by atoms with Gasteiger partial charge in [0, 0.05) is 42.8 Å². The Balaban J connectivity index is 0.00000194. The lowest BCUT2D eigenvalue weighted by molar-refractivity contribution is -0.123. The van der Waals surface area contributed by atoms with Crippen LogP contribution in [-0.2, 0) is 16.1 Å². The first-order valence-corrected chi connectivity index (χ1v) is 14.0. The van der Waals surface area contributed by atoms with Crippen LogP contribution < -0.4 is 15.4 Å². The summed E-state index contributed by atoms with van der Waals surface area (Å²) in [6.07, 6.45) is 3.48. The Hall–Kier alpha value is -3.12. The molecule has 1 aliphatic rings. The van der Waals surface area contributed by atoms with E-state index in [1.54, 1.807) is 11.3 Å². The normalized spacial score (nSPS) is 13.4. The number of nitrogens with zero attached hydrogens (tertiary/aromatic N) is 4. The van der Waals surface area contributed by atoms with Crippen molar-refractivity contribution in [2.24, 2.45) is 0 Å². The Kier molecular flexibility index (Phi) is 10.7. The van der Waals surface area contributed by atoms with Crippen molar-refractivity contribution in [2.45, 2.75) is 6.54 Å². The van der Waals surface area contributed by atoms with E-state index in [2.05, 4.69) is 36.9 Å². The average molecular weight is 636 g/mol. The molecule has 1 fully saturated rings. The molecule has 41 heavy (non-hydrogen) atoms. The molecule has 2 N–H and O–H groups in total. The molecule has 1 amide bonds. The number of ether oxygens (including phenoxy) is 2. The quantitative estimate of drug-likeness (QED) is 0.201. The summed E-state index contributed by atoms with van der Waals surface area (Å²) in [7, 11) is 0. The van der Waals surface area contributed by atoms with Crippen molar-refractivity contribution in [3.8, 4) is 11.5 Å². The van der Waals surface area contributed by atoms with E-state index in [1.807, 2.05) is 53.2 Å². The highest BCUT2D eigenvalue weighted by molar-refractivity contribution is 7.17. The van der Waals surface area contributed by atoms with Gasteiger partial charge in [-0.05, 0) is 59.3 Å². The molecule has 1 aliphatic heterocycles. The fourth-order valence-corrected chi connectivity index (χ4v) is 5.60. The second-order valence-electron chi connectivity index (χ2n) is 9.20. The lowest BCUT2D eigenvalue weighted by atomic mass is 10.2. The van der Waals surface area contributed by atoms with Gasteiger partial charge in [0.1, 0.15) is 23.3 Å². The molecule has 4 heterocycles. The number of hydrogen-bond acceptors (Lipinski definition) is 8. The molecule has 6 rings (SSSR count). The highest BCUT2D eigenvalue weighted by atomic mass is 35.5. The standard InChI is InChI=1S/C28H27ClN6O3S.2ClH/c29-22-15-20(2-4-24(22)38-21-3-1-19-6-14-39-25(19)16-21)33-28-27-23(31-18-32-28)5-8-35(27)9-7-30-26(36)17-34-10-12-37-13-11-34;;/h1-6,8,14-16,18H,7,9-13,17H2,(H,30,36)(H,31,32,33);2*1H. The summed E-state index contributed by atoms with van der Waals surface area (Å²) < 4.78 is 14.6. The van der Waals surface area contributed by atoms with E-state index in [4.69, 9.17) is 21.1 Å². The molecule has 0 radical (unpaired) electrons. The predicted octanol–water partition coefficient (Wildman–Crippen LogP) is 6.13. The van der Waals surface area contributed by atoms with Gasteiger partial charge in [0.25, 0.3) is 0 Å². The molecule has 9 nitrogen and oxygen atoms in total. The summed E-state index contributed by atoms with van der Waals surface area (Å²) in [4.78, 5) is 23.3. The van der Waals surface area contributed by atoms with E-state index in [0.29, 0.717) is 49.4 Å². The third kappa shape index (κ3) is 7.40. The maximum Gasteiger partial charge on any atom is 0.234 e. The first-order valence-electron chi connectivity index (χ1n) is 12.7. The Morgan fingerprint density at radius 2 is 1.93 bits per heavy atom. The molecule has 3 aromatic heterocycles. The van der Waals surface area contributed by atoms with E-state index in [0.717, 1.165) is 40.3 Å². The number of carbonyl (C=O) groups is 1. The number of hydrogen-bond donors (Lipinski definition) is 2. The number of carbonyl (C=O) groups excluding carboxylic acids is 1. The van der Waals surface area contributed by atoms with Crippen molar-refractivity contribution in [3.63, 3.8) is 0 Å². The van der Waals surface area contributed by atoms with Crippen LogP contribution in [0.15, 0.2) is 66.4 Å². The number of halogens is 3. The van der Waals surface area contributed by atoms with E-state index in [1.165, 1.54) is 11.7 Å². The van der Waals surface area contributed by atoms with E-state index < -0.39 is 0 Å². The van der Waals surface area contributed by atoms with Crippen molar-refractivity contribution in [2.75, 3.05) is 44.7 Å². The summed E-state index contributed by atoms with van der Waals surface area (Å²) in [5.74, 6) is 1.97. The Morgan fingerprint density at radius 1 is 1.07 bits per heavy atom. The molecule has 0 saturated carbocycles. The summed E-state index contributed by atoms with van der Waals surface area (Å²) in [5, 5.41) is 10.1. The second-order valence-corrected chi connectivity index (χ2v) is 10.6. The summed E-state index contributed by atoms with van der Waals surface area (Å²) >= 11 is 8.26. The number of benzene rings is 2. The van der Waals surface area contributed by atoms with Crippen LogP contribution in [0.1, 0.15) is 0 Å². The van der Waals surface area contributed by atoms with Crippen LogP contribution >= 0.6 is 47.8 Å². The Labute approximate surface area is 258 Å². The van der Waals surface area contributed by atoms with Crippen molar-refractivity contribution < 1.29 is 14.3 Å². The largest absolute Gasteiger partial charge is 0.456 e. The first-order chi connectivity index (χ1) is 19.1. The van der Waals surface area contributed by atoms with Gasteiger partial charge in [-0.1, -0.05) is 11.6 Å². The van der Waals surface area contributed by atoms with Crippen LogP contribution in [0, 0.1) is 0 Å². The molecule has 0 spiro atoms. The number of amides is 1. The molecule has 13 heteroatoms. The minimum Gasteiger partial charge on any atom is -0.456 e. The summed E-state index contributed by atoms with van der Waals surface area (Å²) in [6, 6.07) is 15.6. The number of nitrogens with one attached hydrogen (secondary N) is 2. The average Bonchev–Trinajstić information content (AvgIpc) is 3.58.